The van der Waals surface area contributed by atoms with E-state index in [1.54, 1.807) is 0 Å². The molecule has 1 aromatic rings. The molecule has 0 spiro atoms. The van der Waals surface area contributed by atoms with Crippen molar-refractivity contribution in [2.45, 2.75) is 46.2 Å². The molecule has 0 aliphatic rings. The molecule has 0 radical (unpaired) electrons. The summed E-state index contributed by atoms with van der Waals surface area (Å²) in [4.78, 5) is 22.4. The highest BCUT2D eigenvalue weighted by atomic mass is 16.4. The monoisotopic (exact) mass is 282 g/mol. The number of amides is 2. The number of carbonyl (C=O) groups excluding carboxylic acids is 1. The van der Waals surface area contributed by atoms with Gasteiger partial charge in [-0.2, -0.15) is 0 Å². The highest BCUT2D eigenvalue weighted by Crippen LogP contribution is 2.12. The highest BCUT2D eigenvalue weighted by Gasteiger charge is 2.16. The third-order valence-electron chi connectivity index (χ3n) is 3.41. The summed E-state index contributed by atoms with van der Waals surface area (Å²) < 4.78 is 5.05. The molecule has 3 N–H and O–H groups in total. The van der Waals surface area contributed by atoms with Gasteiger partial charge in [-0.15, -0.1) is 0 Å². The molecule has 0 aromatic carbocycles. The van der Waals surface area contributed by atoms with Crippen LogP contribution in [0, 0.1) is 5.92 Å². The molecule has 1 atom stereocenters. The van der Waals surface area contributed by atoms with Crippen LogP contribution in [0.3, 0.4) is 0 Å². The fourth-order valence-electron chi connectivity index (χ4n) is 2.13. The van der Waals surface area contributed by atoms with Crippen molar-refractivity contribution >= 4 is 12.0 Å². The first-order valence-corrected chi connectivity index (χ1v) is 6.84. The van der Waals surface area contributed by atoms with Crippen molar-refractivity contribution in [1.82, 2.24) is 10.6 Å². The minimum absolute atomic E-state index is 0.0937. The van der Waals surface area contributed by atoms with E-state index >= 15 is 0 Å². The normalized spacial score (nSPS) is 12.2. The van der Waals surface area contributed by atoms with Gasteiger partial charge in [-0.1, -0.05) is 26.7 Å². The van der Waals surface area contributed by atoms with Gasteiger partial charge in [0.15, 0.2) is 0 Å². The summed E-state index contributed by atoms with van der Waals surface area (Å²) >= 11 is 0. The summed E-state index contributed by atoms with van der Waals surface area (Å²) in [5.41, 5.74) is 0. The Morgan fingerprint density at radius 1 is 1.30 bits per heavy atom. The second kappa shape index (κ2) is 7.57. The third kappa shape index (κ3) is 4.60. The second-order valence-electron chi connectivity index (χ2n) is 4.76. The van der Waals surface area contributed by atoms with E-state index in [4.69, 9.17) is 9.52 Å². The smallest absolute Gasteiger partial charge is 0.371 e. The number of hydrogen-bond donors (Lipinski definition) is 3. The van der Waals surface area contributed by atoms with Crippen LogP contribution in [0.2, 0.25) is 0 Å². The molecule has 0 fully saturated rings. The average Bonchev–Trinajstić information content (AvgIpc) is 2.86. The molecule has 0 aliphatic heterocycles. The zero-order valence-electron chi connectivity index (χ0n) is 12.1. The Morgan fingerprint density at radius 2 is 1.95 bits per heavy atom. The number of carboxylic acids is 1. The molecule has 6 nitrogen and oxygen atoms in total. The largest absolute Gasteiger partial charge is 0.475 e. The zero-order valence-corrected chi connectivity index (χ0v) is 12.1. The molecular weight excluding hydrogens is 260 g/mol. The van der Waals surface area contributed by atoms with Crippen LogP contribution >= 0.6 is 0 Å². The maximum Gasteiger partial charge on any atom is 0.371 e. The average molecular weight is 282 g/mol. The first-order chi connectivity index (χ1) is 9.47. The van der Waals surface area contributed by atoms with E-state index in [2.05, 4.69) is 24.5 Å². The van der Waals surface area contributed by atoms with Gasteiger partial charge < -0.3 is 20.2 Å². The summed E-state index contributed by atoms with van der Waals surface area (Å²) in [6.45, 7) is 6.34. The minimum atomic E-state index is -1.12. The van der Waals surface area contributed by atoms with Crippen molar-refractivity contribution in [3.63, 3.8) is 0 Å². The van der Waals surface area contributed by atoms with Gasteiger partial charge in [-0.05, 0) is 25.0 Å². The number of hydrogen-bond acceptors (Lipinski definition) is 3. The molecular formula is C14H22N2O4. The Morgan fingerprint density at radius 3 is 2.45 bits per heavy atom. The van der Waals surface area contributed by atoms with Crippen molar-refractivity contribution in [2.24, 2.45) is 5.92 Å². The lowest BCUT2D eigenvalue weighted by atomic mass is 9.96. The van der Waals surface area contributed by atoms with Gasteiger partial charge in [0.05, 0.1) is 6.54 Å². The number of carboxylic acid groups (broad SMARTS) is 1. The Kier molecular flexibility index (Phi) is 6.09. The highest BCUT2D eigenvalue weighted by molar-refractivity contribution is 5.84. The lowest BCUT2D eigenvalue weighted by Gasteiger charge is -2.22. The van der Waals surface area contributed by atoms with E-state index < -0.39 is 5.97 Å². The van der Waals surface area contributed by atoms with Crippen LogP contribution in [0.25, 0.3) is 0 Å². The van der Waals surface area contributed by atoms with Crippen LogP contribution in [0.15, 0.2) is 16.5 Å². The van der Waals surface area contributed by atoms with Gasteiger partial charge in [0.2, 0.25) is 5.76 Å². The van der Waals surface area contributed by atoms with Crippen LogP contribution in [-0.4, -0.2) is 23.1 Å². The first kappa shape index (κ1) is 16.1. The Hall–Kier alpha value is -1.98. The number of furan rings is 1. The topological polar surface area (TPSA) is 91.6 Å². The number of aromatic carboxylic acids is 1. The van der Waals surface area contributed by atoms with Gasteiger partial charge in [-0.3, -0.25) is 0 Å². The Labute approximate surface area is 118 Å². The van der Waals surface area contributed by atoms with Crippen LogP contribution in [0.5, 0.6) is 0 Å². The van der Waals surface area contributed by atoms with E-state index in [9.17, 15) is 9.59 Å². The molecule has 0 aliphatic carbocycles. The predicted molar refractivity (Wildman–Crippen MR) is 74.6 cm³/mol. The zero-order chi connectivity index (χ0) is 15.1. The van der Waals surface area contributed by atoms with E-state index in [0.717, 1.165) is 12.8 Å². The van der Waals surface area contributed by atoms with Crippen molar-refractivity contribution in [3.05, 3.63) is 23.7 Å². The van der Waals surface area contributed by atoms with E-state index in [-0.39, 0.29) is 24.4 Å². The lowest BCUT2D eigenvalue weighted by molar-refractivity contribution is 0.0660. The minimum Gasteiger partial charge on any atom is -0.475 e. The maximum absolute atomic E-state index is 11.7. The summed E-state index contributed by atoms with van der Waals surface area (Å²) in [6.07, 6.45) is 2.02. The van der Waals surface area contributed by atoms with Crippen molar-refractivity contribution < 1.29 is 19.1 Å². The van der Waals surface area contributed by atoms with Gasteiger partial charge in [-0.25, -0.2) is 9.59 Å². The van der Waals surface area contributed by atoms with E-state index in [1.165, 1.54) is 12.1 Å². The van der Waals surface area contributed by atoms with E-state index in [1.807, 2.05) is 6.92 Å². The second-order valence-corrected chi connectivity index (χ2v) is 4.76. The number of carbonyl (C=O) groups is 2. The molecule has 6 heteroatoms. The molecule has 0 bridgehead atoms. The van der Waals surface area contributed by atoms with Crippen molar-refractivity contribution in [3.8, 4) is 0 Å². The van der Waals surface area contributed by atoms with E-state index in [0.29, 0.717) is 11.7 Å². The van der Waals surface area contributed by atoms with Crippen molar-refractivity contribution in [1.29, 1.82) is 0 Å². The first-order valence-electron chi connectivity index (χ1n) is 6.84. The Bertz CT molecular complexity index is 452. The number of urea groups is 1. The molecule has 1 rings (SSSR count). The Balaban J connectivity index is 2.40. The molecule has 1 aromatic heterocycles. The van der Waals surface area contributed by atoms with Crippen LogP contribution < -0.4 is 10.6 Å². The molecule has 1 unspecified atom stereocenters. The molecule has 2 amide bonds. The van der Waals surface area contributed by atoms with Crippen LogP contribution in [-0.2, 0) is 6.54 Å². The maximum atomic E-state index is 11.7. The van der Waals surface area contributed by atoms with Gasteiger partial charge >= 0.3 is 12.0 Å². The third-order valence-corrected chi connectivity index (χ3v) is 3.41. The van der Waals surface area contributed by atoms with Gasteiger partial charge in [0.25, 0.3) is 0 Å². The quantitative estimate of drug-likeness (QED) is 0.716. The molecule has 0 saturated carbocycles. The summed E-state index contributed by atoms with van der Waals surface area (Å²) in [6, 6.07) is 2.71. The van der Waals surface area contributed by atoms with Crippen molar-refractivity contribution in [2.75, 3.05) is 0 Å². The van der Waals surface area contributed by atoms with Crippen LogP contribution in [0.1, 0.15) is 49.9 Å². The summed E-state index contributed by atoms with van der Waals surface area (Å²) in [5, 5.41) is 14.2. The molecule has 1 heterocycles. The summed E-state index contributed by atoms with van der Waals surface area (Å²) in [7, 11) is 0. The number of rotatable bonds is 7. The molecule has 20 heavy (non-hydrogen) atoms. The SMILES string of the molecule is CCC(CC)C(C)NC(=O)NCc1ccc(C(=O)O)o1. The fraction of sp³-hybridized carbons (Fsp3) is 0.571. The fourth-order valence-corrected chi connectivity index (χ4v) is 2.13. The number of nitrogens with one attached hydrogen (secondary N) is 2. The van der Waals surface area contributed by atoms with Gasteiger partial charge in [0.1, 0.15) is 5.76 Å². The predicted octanol–water partition coefficient (Wildman–Crippen LogP) is 2.60. The molecule has 112 valence electrons. The standard InChI is InChI=1S/C14H22N2O4/c1-4-10(5-2)9(3)16-14(19)15-8-11-6-7-12(20-11)13(17)18/h6-7,9-10H,4-5,8H2,1-3H3,(H,17,18)(H2,15,16,19). The lowest BCUT2D eigenvalue weighted by Crippen LogP contribution is -2.43. The molecule has 0 saturated heterocycles. The van der Waals surface area contributed by atoms with Gasteiger partial charge in [0, 0.05) is 6.04 Å². The van der Waals surface area contributed by atoms with Crippen LogP contribution in [0.4, 0.5) is 4.79 Å². The summed E-state index contributed by atoms with van der Waals surface area (Å²) in [5.74, 6) is -0.397.